The van der Waals surface area contributed by atoms with Crippen LogP contribution in [0.2, 0.25) is 0 Å². The van der Waals surface area contributed by atoms with Gasteiger partial charge < -0.3 is 9.11 Å². The first-order chi connectivity index (χ1) is 26.1. The molecule has 0 atom stereocenters. The van der Waals surface area contributed by atoms with Gasteiger partial charge in [0.2, 0.25) is 0 Å². The molecule has 0 fully saturated rings. The van der Waals surface area contributed by atoms with E-state index in [2.05, 4.69) is 13.8 Å². The van der Waals surface area contributed by atoms with Gasteiger partial charge in [-0.3, -0.25) is 0 Å². The van der Waals surface area contributed by atoms with E-state index >= 15 is 0 Å². The molecule has 9 heteroatoms. The van der Waals surface area contributed by atoms with Gasteiger partial charge in [-0.25, -0.2) is 16.8 Å². The van der Waals surface area contributed by atoms with Gasteiger partial charge in [-0.2, -0.15) is 0 Å². The Hall–Kier alpha value is -1.52. The van der Waals surface area contributed by atoms with Gasteiger partial charge in [0.05, 0.1) is 9.79 Å². The van der Waals surface area contributed by atoms with Crippen LogP contribution in [0.4, 0.5) is 0 Å². The van der Waals surface area contributed by atoms with E-state index in [0.29, 0.717) is 24.0 Å². The number of rotatable bonds is 26. The number of aryl methyl sites for hydroxylation is 2. The maximum Gasteiger partial charge on any atom is 2.00 e. The van der Waals surface area contributed by atoms with Crippen molar-refractivity contribution in [2.24, 2.45) is 0 Å². The minimum absolute atomic E-state index is 0. The molecule has 0 saturated carbocycles. The average Bonchev–Trinajstić information content (AvgIpc) is 3.15. The standard InChI is InChI=1S/2C23H34O3S.Ca/c2*1-2-3-4-5-6-7-8-9-10-11-12-17-22-21-16-14-13-15-20(21)18-19-23(22)27(24,25)26;/h2*13-16,18-19H,2-12,17H2,1H3,(H,24,25,26);/q;;+2/p-2. The maximum absolute atomic E-state index is 11.6. The number of hydrogen-bond acceptors (Lipinski definition) is 6. The first-order valence-electron chi connectivity index (χ1n) is 21.0. The van der Waals surface area contributed by atoms with E-state index < -0.39 is 20.2 Å². The molecule has 55 heavy (non-hydrogen) atoms. The van der Waals surface area contributed by atoms with Crippen LogP contribution < -0.4 is 0 Å². The van der Waals surface area contributed by atoms with E-state index in [9.17, 15) is 25.9 Å². The molecule has 0 aliphatic carbocycles. The predicted octanol–water partition coefficient (Wildman–Crippen LogP) is 12.8. The number of unbranched alkanes of at least 4 members (excludes halogenated alkanes) is 20. The van der Waals surface area contributed by atoms with Crippen LogP contribution in [0.25, 0.3) is 21.5 Å². The fraction of sp³-hybridized carbons (Fsp3) is 0.565. The van der Waals surface area contributed by atoms with Gasteiger partial charge in [-0.1, -0.05) is 203 Å². The van der Waals surface area contributed by atoms with Crippen molar-refractivity contribution in [3.63, 3.8) is 0 Å². The molecule has 0 bridgehead atoms. The number of fused-ring (bicyclic) bond motifs is 2. The predicted molar refractivity (Wildman–Crippen MR) is 230 cm³/mol. The van der Waals surface area contributed by atoms with Crippen molar-refractivity contribution < 1.29 is 25.9 Å². The SMILES string of the molecule is CCCCCCCCCCCCCc1c(S(=O)(=O)[O-])ccc2ccccc12.CCCCCCCCCCCCCc1c(S(=O)(=O)[O-])ccc2ccccc12.[Ca+2]. The average molecular weight is 819 g/mol. The molecular formula is C46H66CaO6S2. The summed E-state index contributed by atoms with van der Waals surface area (Å²) < 4.78 is 69.9. The summed E-state index contributed by atoms with van der Waals surface area (Å²) in [6, 6.07) is 21.8. The van der Waals surface area contributed by atoms with E-state index in [-0.39, 0.29) is 47.5 Å². The van der Waals surface area contributed by atoms with E-state index in [1.54, 1.807) is 12.1 Å². The van der Waals surface area contributed by atoms with Crippen molar-refractivity contribution in [3.05, 3.63) is 83.9 Å². The van der Waals surface area contributed by atoms with Crippen LogP contribution in [0.1, 0.15) is 166 Å². The Labute approximate surface area is 364 Å². The summed E-state index contributed by atoms with van der Waals surface area (Å²) in [5, 5.41) is 3.76. The Morgan fingerprint density at radius 3 is 0.945 bits per heavy atom. The molecule has 0 aliphatic heterocycles. The first kappa shape index (κ1) is 49.6. The summed E-state index contributed by atoms with van der Waals surface area (Å²) in [6.07, 6.45) is 28.9. The molecule has 0 radical (unpaired) electrons. The molecule has 0 unspecified atom stereocenters. The van der Waals surface area contributed by atoms with Crippen LogP contribution >= 0.6 is 0 Å². The van der Waals surface area contributed by atoms with Crippen molar-refractivity contribution in [1.82, 2.24) is 0 Å². The van der Waals surface area contributed by atoms with Crippen LogP contribution in [0, 0.1) is 0 Å². The largest absolute Gasteiger partial charge is 2.00 e. The first-order valence-corrected chi connectivity index (χ1v) is 23.8. The second-order valence-corrected chi connectivity index (χ2v) is 17.7. The zero-order valence-electron chi connectivity index (χ0n) is 33.9. The Morgan fingerprint density at radius 1 is 0.382 bits per heavy atom. The number of benzene rings is 4. The summed E-state index contributed by atoms with van der Waals surface area (Å²) in [5.41, 5.74) is 1.39. The van der Waals surface area contributed by atoms with Crippen molar-refractivity contribution in [3.8, 4) is 0 Å². The van der Waals surface area contributed by atoms with Crippen LogP contribution in [0.3, 0.4) is 0 Å². The zero-order chi connectivity index (χ0) is 39.1. The molecule has 4 rings (SSSR count). The summed E-state index contributed by atoms with van der Waals surface area (Å²) in [7, 11) is -8.88. The minimum Gasteiger partial charge on any atom is -0.744 e. The molecule has 0 heterocycles. The Kier molecular flexibility index (Phi) is 25.3. The summed E-state index contributed by atoms with van der Waals surface area (Å²) >= 11 is 0. The van der Waals surface area contributed by atoms with E-state index in [1.165, 1.54) is 128 Å². The second kappa shape index (κ2) is 28.0. The molecule has 0 amide bonds. The van der Waals surface area contributed by atoms with Crippen LogP contribution in [-0.4, -0.2) is 63.7 Å². The Morgan fingerprint density at radius 2 is 0.655 bits per heavy atom. The van der Waals surface area contributed by atoms with Crippen molar-refractivity contribution in [2.75, 3.05) is 0 Å². The third-order valence-corrected chi connectivity index (χ3v) is 12.4. The van der Waals surface area contributed by atoms with Gasteiger partial charge in [0.1, 0.15) is 20.2 Å². The third kappa shape index (κ3) is 18.7. The zero-order valence-corrected chi connectivity index (χ0v) is 37.7. The molecule has 0 aliphatic rings. The fourth-order valence-corrected chi connectivity index (χ4v) is 9.05. The fourth-order valence-electron chi connectivity index (χ4n) is 7.55. The molecule has 0 aromatic heterocycles. The van der Waals surface area contributed by atoms with Gasteiger partial charge in [0, 0.05) is 0 Å². The van der Waals surface area contributed by atoms with Crippen molar-refractivity contribution in [2.45, 2.75) is 178 Å². The van der Waals surface area contributed by atoms with Crippen molar-refractivity contribution in [1.29, 1.82) is 0 Å². The molecular weight excluding hydrogens is 753 g/mol. The molecule has 0 spiro atoms. The van der Waals surface area contributed by atoms with Crippen LogP contribution in [0.15, 0.2) is 82.6 Å². The molecule has 0 N–H and O–H groups in total. The van der Waals surface area contributed by atoms with E-state index in [1.807, 2.05) is 48.5 Å². The van der Waals surface area contributed by atoms with Crippen molar-refractivity contribution >= 4 is 79.5 Å². The van der Waals surface area contributed by atoms with E-state index in [0.717, 1.165) is 47.2 Å². The maximum atomic E-state index is 11.6. The summed E-state index contributed by atoms with van der Waals surface area (Å²) in [6.45, 7) is 4.49. The monoisotopic (exact) mass is 818 g/mol. The molecule has 4 aromatic rings. The van der Waals surface area contributed by atoms with Gasteiger partial charge >= 0.3 is 37.7 Å². The number of hydrogen-bond donors (Lipinski definition) is 0. The van der Waals surface area contributed by atoms with Crippen LogP contribution in [-0.2, 0) is 33.1 Å². The normalized spacial score (nSPS) is 11.7. The quantitative estimate of drug-likeness (QED) is 0.0354. The van der Waals surface area contributed by atoms with Gasteiger partial charge in [-0.15, -0.1) is 0 Å². The van der Waals surface area contributed by atoms with Gasteiger partial charge in [0.15, 0.2) is 0 Å². The molecule has 300 valence electrons. The van der Waals surface area contributed by atoms with Gasteiger partial charge in [0.25, 0.3) is 0 Å². The third-order valence-electron chi connectivity index (χ3n) is 10.6. The molecule has 6 nitrogen and oxygen atoms in total. The molecule has 4 aromatic carbocycles. The Balaban J connectivity index is 0.000000373. The molecule has 0 saturated heterocycles. The van der Waals surface area contributed by atoms with Gasteiger partial charge in [-0.05, 0) is 70.5 Å². The summed E-state index contributed by atoms with van der Waals surface area (Å²) in [5.74, 6) is 0. The topological polar surface area (TPSA) is 114 Å². The van der Waals surface area contributed by atoms with E-state index in [4.69, 9.17) is 0 Å². The minimum atomic E-state index is -4.44. The second-order valence-electron chi connectivity index (χ2n) is 15.0. The Bertz CT molecular complexity index is 1740. The summed E-state index contributed by atoms with van der Waals surface area (Å²) in [4.78, 5) is -0.0958. The smallest absolute Gasteiger partial charge is 0.744 e. The van der Waals surface area contributed by atoms with Crippen LogP contribution in [0.5, 0.6) is 0 Å².